The van der Waals surface area contributed by atoms with Crippen molar-refractivity contribution < 1.29 is 14.6 Å². The van der Waals surface area contributed by atoms with E-state index < -0.39 is 6.10 Å². The highest BCUT2D eigenvalue weighted by molar-refractivity contribution is 5.13. The zero-order valence-electron chi connectivity index (χ0n) is 9.34. The van der Waals surface area contributed by atoms with Gasteiger partial charge in [0.2, 0.25) is 0 Å². The van der Waals surface area contributed by atoms with Gasteiger partial charge in [0.05, 0.1) is 19.3 Å². The van der Waals surface area contributed by atoms with Gasteiger partial charge < -0.3 is 14.6 Å². The van der Waals surface area contributed by atoms with Crippen LogP contribution in [0.3, 0.4) is 0 Å². The van der Waals surface area contributed by atoms with Crippen LogP contribution in [0.4, 0.5) is 0 Å². The van der Waals surface area contributed by atoms with Gasteiger partial charge in [-0.1, -0.05) is 30.3 Å². The molecule has 0 saturated carbocycles. The van der Waals surface area contributed by atoms with E-state index in [0.717, 1.165) is 25.0 Å². The fourth-order valence-electron chi connectivity index (χ4n) is 1.83. The molecule has 2 atom stereocenters. The average Bonchev–Trinajstić information content (AvgIpc) is 2.53. The van der Waals surface area contributed by atoms with Crippen molar-refractivity contribution >= 4 is 0 Å². The fraction of sp³-hybridized carbons (Fsp3) is 0.538. The van der Waals surface area contributed by atoms with E-state index in [-0.39, 0.29) is 6.10 Å². The van der Waals surface area contributed by atoms with Gasteiger partial charge in [-0.25, -0.2) is 0 Å². The van der Waals surface area contributed by atoms with Gasteiger partial charge in [-0.15, -0.1) is 0 Å². The van der Waals surface area contributed by atoms with Gasteiger partial charge in [-0.2, -0.15) is 0 Å². The average molecular weight is 222 g/mol. The molecule has 0 aromatic heterocycles. The highest BCUT2D eigenvalue weighted by atomic mass is 16.5. The minimum Gasteiger partial charge on any atom is -0.390 e. The Labute approximate surface area is 96.0 Å². The second-order valence-electron chi connectivity index (χ2n) is 4.12. The number of hydrogen-bond acceptors (Lipinski definition) is 3. The second-order valence-corrected chi connectivity index (χ2v) is 4.12. The summed E-state index contributed by atoms with van der Waals surface area (Å²) in [6.45, 7) is 1.75. The first-order valence-electron chi connectivity index (χ1n) is 5.77. The van der Waals surface area contributed by atoms with Gasteiger partial charge in [0.25, 0.3) is 0 Å². The quantitative estimate of drug-likeness (QED) is 0.846. The van der Waals surface area contributed by atoms with Gasteiger partial charge in [-0.3, -0.25) is 0 Å². The van der Waals surface area contributed by atoms with Gasteiger partial charge in [0.1, 0.15) is 6.10 Å². The molecule has 0 bridgehead atoms. The third-order valence-electron chi connectivity index (χ3n) is 2.81. The molecule has 1 aromatic rings. The van der Waals surface area contributed by atoms with Crippen LogP contribution < -0.4 is 0 Å². The van der Waals surface area contributed by atoms with Crippen LogP contribution >= 0.6 is 0 Å². The molecule has 3 nitrogen and oxygen atoms in total. The SMILES string of the molecule is O[C@@H]1CCCOC[C@@H]1OCc1ccccc1. The van der Waals surface area contributed by atoms with Crippen LogP contribution in [0.2, 0.25) is 0 Å². The third-order valence-corrected chi connectivity index (χ3v) is 2.81. The molecule has 2 rings (SSSR count). The largest absolute Gasteiger partial charge is 0.390 e. The first-order chi connectivity index (χ1) is 7.86. The minimum absolute atomic E-state index is 0.192. The van der Waals surface area contributed by atoms with Crippen molar-refractivity contribution in [3.63, 3.8) is 0 Å². The molecule has 1 aliphatic rings. The molecular weight excluding hydrogens is 204 g/mol. The standard InChI is InChI=1S/C13H18O3/c14-12-7-4-8-15-10-13(12)16-9-11-5-2-1-3-6-11/h1-3,5-6,12-14H,4,7-10H2/t12-,13+/m1/s1. The highest BCUT2D eigenvalue weighted by Gasteiger charge is 2.22. The summed E-state index contributed by atoms with van der Waals surface area (Å²) >= 11 is 0. The molecule has 0 radical (unpaired) electrons. The van der Waals surface area contributed by atoms with Crippen molar-refractivity contribution in [2.75, 3.05) is 13.2 Å². The Balaban J connectivity index is 1.84. The number of rotatable bonds is 3. The molecule has 0 spiro atoms. The molecule has 1 aromatic carbocycles. The lowest BCUT2D eigenvalue weighted by Gasteiger charge is -2.20. The smallest absolute Gasteiger partial charge is 0.107 e. The number of hydrogen-bond donors (Lipinski definition) is 1. The molecule has 1 saturated heterocycles. The summed E-state index contributed by atoms with van der Waals surface area (Å²) in [5, 5.41) is 9.82. The van der Waals surface area contributed by atoms with Crippen LogP contribution in [-0.4, -0.2) is 30.5 Å². The summed E-state index contributed by atoms with van der Waals surface area (Å²) in [7, 11) is 0. The van der Waals surface area contributed by atoms with E-state index in [1.807, 2.05) is 30.3 Å². The lowest BCUT2D eigenvalue weighted by atomic mass is 10.1. The zero-order valence-corrected chi connectivity index (χ0v) is 9.34. The van der Waals surface area contributed by atoms with Gasteiger partial charge in [0.15, 0.2) is 0 Å². The molecule has 0 unspecified atom stereocenters. The first kappa shape index (κ1) is 11.6. The topological polar surface area (TPSA) is 38.7 Å². The summed E-state index contributed by atoms with van der Waals surface area (Å²) in [4.78, 5) is 0. The Morgan fingerprint density at radius 3 is 2.94 bits per heavy atom. The number of aliphatic hydroxyl groups is 1. The molecule has 88 valence electrons. The Morgan fingerprint density at radius 2 is 2.12 bits per heavy atom. The maximum Gasteiger partial charge on any atom is 0.107 e. The minimum atomic E-state index is -0.397. The van der Waals surface area contributed by atoms with E-state index in [4.69, 9.17) is 9.47 Å². The normalized spacial score (nSPS) is 26.3. The van der Waals surface area contributed by atoms with E-state index in [0.29, 0.717) is 13.2 Å². The Hall–Kier alpha value is -0.900. The van der Waals surface area contributed by atoms with Crippen molar-refractivity contribution in [3.8, 4) is 0 Å². The fourth-order valence-corrected chi connectivity index (χ4v) is 1.83. The first-order valence-corrected chi connectivity index (χ1v) is 5.77. The van der Waals surface area contributed by atoms with Crippen molar-refractivity contribution in [3.05, 3.63) is 35.9 Å². The molecule has 1 aliphatic heterocycles. The van der Waals surface area contributed by atoms with Crippen molar-refractivity contribution in [2.24, 2.45) is 0 Å². The summed E-state index contributed by atoms with van der Waals surface area (Å²) < 4.78 is 11.1. The maximum absolute atomic E-state index is 9.82. The van der Waals surface area contributed by atoms with Crippen LogP contribution in [0.25, 0.3) is 0 Å². The van der Waals surface area contributed by atoms with Gasteiger partial charge in [0, 0.05) is 6.61 Å². The molecule has 1 N–H and O–H groups in total. The predicted octanol–water partition coefficient (Wildman–Crippen LogP) is 1.74. The Kier molecular flexibility index (Phi) is 4.34. The van der Waals surface area contributed by atoms with Crippen molar-refractivity contribution in [1.29, 1.82) is 0 Å². The highest BCUT2D eigenvalue weighted by Crippen LogP contribution is 2.14. The second kappa shape index (κ2) is 5.99. The van der Waals surface area contributed by atoms with Crippen LogP contribution in [0, 0.1) is 0 Å². The summed E-state index contributed by atoms with van der Waals surface area (Å²) in [5.74, 6) is 0. The molecule has 3 heteroatoms. The maximum atomic E-state index is 9.82. The Bertz CT molecular complexity index is 299. The molecule has 16 heavy (non-hydrogen) atoms. The lowest BCUT2D eigenvalue weighted by molar-refractivity contribution is -0.0722. The Morgan fingerprint density at radius 1 is 1.31 bits per heavy atom. The van der Waals surface area contributed by atoms with E-state index >= 15 is 0 Å². The third kappa shape index (κ3) is 3.30. The number of benzene rings is 1. The molecule has 1 heterocycles. The number of aliphatic hydroxyl groups excluding tert-OH is 1. The molecule has 0 aliphatic carbocycles. The summed E-state index contributed by atoms with van der Waals surface area (Å²) in [6.07, 6.45) is 1.08. The van der Waals surface area contributed by atoms with E-state index in [2.05, 4.69) is 0 Å². The predicted molar refractivity (Wildman–Crippen MR) is 61.1 cm³/mol. The van der Waals surface area contributed by atoms with E-state index in [1.54, 1.807) is 0 Å². The molecule has 0 amide bonds. The zero-order chi connectivity index (χ0) is 11.2. The van der Waals surface area contributed by atoms with Gasteiger partial charge in [-0.05, 0) is 18.4 Å². The van der Waals surface area contributed by atoms with Crippen molar-refractivity contribution in [1.82, 2.24) is 0 Å². The van der Waals surface area contributed by atoms with Crippen LogP contribution in [-0.2, 0) is 16.1 Å². The molecule has 1 fully saturated rings. The van der Waals surface area contributed by atoms with Crippen molar-refractivity contribution in [2.45, 2.75) is 31.7 Å². The monoisotopic (exact) mass is 222 g/mol. The molecular formula is C13H18O3. The van der Waals surface area contributed by atoms with E-state index in [1.165, 1.54) is 0 Å². The summed E-state index contributed by atoms with van der Waals surface area (Å²) in [6, 6.07) is 9.98. The number of ether oxygens (including phenoxy) is 2. The van der Waals surface area contributed by atoms with E-state index in [9.17, 15) is 5.11 Å². The van der Waals surface area contributed by atoms with Crippen LogP contribution in [0.15, 0.2) is 30.3 Å². The van der Waals surface area contributed by atoms with Crippen LogP contribution in [0.1, 0.15) is 18.4 Å². The van der Waals surface area contributed by atoms with Crippen LogP contribution in [0.5, 0.6) is 0 Å². The lowest BCUT2D eigenvalue weighted by Crippen LogP contribution is -2.31. The van der Waals surface area contributed by atoms with Gasteiger partial charge >= 0.3 is 0 Å². The summed E-state index contributed by atoms with van der Waals surface area (Å²) in [5.41, 5.74) is 1.12.